The highest BCUT2D eigenvalue weighted by Gasteiger charge is 2.19. The molecule has 1 aromatic heterocycles. The number of rotatable bonds is 4. The Morgan fingerprint density at radius 2 is 2.10 bits per heavy atom. The molecule has 0 fully saturated rings. The molecule has 0 spiro atoms. The minimum absolute atomic E-state index is 0.00855. The van der Waals surface area contributed by atoms with Gasteiger partial charge in [0, 0.05) is 6.07 Å². The van der Waals surface area contributed by atoms with Crippen LogP contribution in [0.4, 0.5) is 11.5 Å². The number of anilines is 1. The first-order valence-electron chi connectivity index (χ1n) is 6.18. The lowest BCUT2D eigenvalue weighted by molar-refractivity contribution is -0.386. The molecular weight excluding hydrogens is 294 g/mol. The van der Waals surface area contributed by atoms with Crippen LogP contribution in [-0.2, 0) is 6.61 Å². The number of nitro groups is 1. The van der Waals surface area contributed by atoms with E-state index in [1.54, 1.807) is 26.0 Å². The second-order valence-electron chi connectivity index (χ2n) is 4.64. The smallest absolute Gasteiger partial charge is 0.311 e. The molecular formula is C14H14ClN3O3. The molecule has 0 amide bonds. The summed E-state index contributed by atoms with van der Waals surface area (Å²) in [5, 5.41) is 11.5. The first-order chi connectivity index (χ1) is 9.88. The standard InChI is InChI=1S/C14H14ClN3O3/c1-8-5-9(2)14(12(6-8)18(19)20)21-7-11-10(15)3-4-13(16)17-11/h3-6H,7H2,1-2H3,(H2,16,17). The zero-order valence-electron chi connectivity index (χ0n) is 11.6. The fourth-order valence-corrected chi connectivity index (χ4v) is 2.16. The molecule has 7 heteroatoms. The molecule has 2 aromatic rings. The number of benzene rings is 1. The van der Waals surface area contributed by atoms with Crippen LogP contribution in [0.2, 0.25) is 5.02 Å². The molecule has 0 atom stereocenters. The molecule has 110 valence electrons. The number of nitrogens with zero attached hydrogens (tertiary/aromatic N) is 2. The van der Waals surface area contributed by atoms with Crippen LogP contribution in [-0.4, -0.2) is 9.91 Å². The van der Waals surface area contributed by atoms with E-state index < -0.39 is 4.92 Å². The third kappa shape index (κ3) is 3.41. The molecule has 0 radical (unpaired) electrons. The van der Waals surface area contributed by atoms with Crippen LogP contribution >= 0.6 is 11.6 Å². The Labute approximate surface area is 126 Å². The van der Waals surface area contributed by atoms with E-state index in [1.807, 2.05) is 6.07 Å². The Morgan fingerprint density at radius 1 is 1.38 bits per heavy atom. The molecule has 0 aliphatic carbocycles. The number of halogens is 1. The molecule has 1 aromatic carbocycles. The number of aromatic nitrogens is 1. The summed E-state index contributed by atoms with van der Waals surface area (Å²) < 4.78 is 5.56. The first kappa shape index (κ1) is 15.1. The molecule has 0 saturated carbocycles. The van der Waals surface area contributed by atoms with E-state index in [2.05, 4.69) is 4.98 Å². The molecule has 1 heterocycles. The molecule has 2 N–H and O–H groups in total. The zero-order chi connectivity index (χ0) is 15.6. The van der Waals surface area contributed by atoms with Crippen molar-refractivity contribution in [2.24, 2.45) is 0 Å². The third-order valence-electron chi connectivity index (χ3n) is 2.89. The van der Waals surface area contributed by atoms with Crippen molar-refractivity contribution >= 4 is 23.1 Å². The van der Waals surface area contributed by atoms with Gasteiger partial charge in [0.15, 0.2) is 5.75 Å². The van der Waals surface area contributed by atoms with Gasteiger partial charge in [0.25, 0.3) is 0 Å². The van der Waals surface area contributed by atoms with Crippen molar-refractivity contribution < 1.29 is 9.66 Å². The molecule has 6 nitrogen and oxygen atoms in total. The third-order valence-corrected chi connectivity index (χ3v) is 3.23. The summed E-state index contributed by atoms with van der Waals surface area (Å²) in [7, 11) is 0. The number of nitrogens with two attached hydrogens (primary N) is 1. The lowest BCUT2D eigenvalue weighted by Crippen LogP contribution is -2.05. The van der Waals surface area contributed by atoms with Crippen LogP contribution in [0.1, 0.15) is 16.8 Å². The van der Waals surface area contributed by atoms with Crippen LogP contribution in [0.15, 0.2) is 24.3 Å². The van der Waals surface area contributed by atoms with Crippen LogP contribution in [0.5, 0.6) is 5.75 Å². The fraction of sp³-hybridized carbons (Fsp3) is 0.214. The zero-order valence-corrected chi connectivity index (χ0v) is 12.3. The average molecular weight is 308 g/mol. The molecule has 21 heavy (non-hydrogen) atoms. The highest BCUT2D eigenvalue weighted by molar-refractivity contribution is 6.31. The maximum Gasteiger partial charge on any atom is 0.311 e. The van der Waals surface area contributed by atoms with Gasteiger partial charge in [-0.1, -0.05) is 17.7 Å². The maximum atomic E-state index is 11.1. The summed E-state index contributed by atoms with van der Waals surface area (Å²) in [5.41, 5.74) is 7.43. The van der Waals surface area contributed by atoms with Crippen LogP contribution < -0.4 is 10.5 Å². The van der Waals surface area contributed by atoms with Gasteiger partial charge < -0.3 is 10.5 Å². The summed E-state index contributed by atoms with van der Waals surface area (Å²) in [6.45, 7) is 3.55. The van der Waals surface area contributed by atoms with Gasteiger partial charge in [0.2, 0.25) is 0 Å². The number of hydrogen-bond donors (Lipinski definition) is 1. The van der Waals surface area contributed by atoms with Gasteiger partial charge in [-0.2, -0.15) is 0 Å². The van der Waals surface area contributed by atoms with Gasteiger partial charge in [-0.05, 0) is 37.1 Å². The summed E-state index contributed by atoms with van der Waals surface area (Å²) in [6.07, 6.45) is 0. The van der Waals surface area contributed by atoms with Gasteiger partial charge >= 0.3 is 5.69 Å². The molecule has 0 saturated heterocycles. The van der Waals surface area contributed by atoms with Crippen molar-refractivity contribution in [3.8, 4) is 5.75 Å². The molecule has 2 rings (SSSR count). The summed E-state index contributed by atoms with van der Waals surface area (Å²) in [6, 6.07) is 6.47. The van der Waals surface area contributed by atoms with Crippen molar-refractivity contribution in [3.63, 3.8) is 0 Å². The Bertz CT molecular complexity index is 704. The first-order valence-corrected chi connectivity index (χ1v) is 6.55. The van der Waals surface area contributed by atoms with E-state index in [9.17, 15) is 10.1 Å². The SMILES string of the molecule is Cc1cc(C)c(OCc2nc(N)ccc2Cl)c([N+](=O)[O-])c1. The normalized spacial score (nSPS) is 10.4. The number of hydrogen-bond acceptors (Lipinski definition) is 5. The summed E-state index contributed by atoms with van der Waals surface area (Å²) in [5.74, 6) is 0.527. The van der Waals surface area contributed by atoms with Crippen molar-refractivity contribution in [3.05, 3.63) is 56.2 Å². The topological polar surface area (TPSA) is 91.3 Å². The van der Waals surface area contributed by atoms with Crippen LogP contribution in [0, 0.1) is 24.0 Å². The molecule has 0 aliphatic rings. The van der Waals surface area contributed by atoms with E-state index in [1.165, 1.54) is 6.07 Å². The predicted molar refractivity (Wildman–Crippen MR) is 80.6 cm³/mol. The van der Waals surface area contributed by atoms with E-state index >= 15 is 0 Å². The monoisotopic (exact) mass is 307 g/mol. The minimum Gasteiger partial charge on any atom is -0.480 e. The number of aryl methyl sites for hydroxylation is 2. The van der Waals surface area contributed by atoms with Gasteiger partial charge in [0.05, 0.1) is 15.6 Å². The van der Waals surface area contributed by atoms with E-state index in [0.29, 0.717) is 22.1 Å². The fourth-order valence-electron chi connectivity index (χ4n) is 2.00. The predicted octanol–water partition coefficient (Wildman–Crippen LogP) is 3.42. The Balaban J connectivity index is 2.32. The lowest BCUT2D eigenvalue weighted by atomic mass is 10.1. The number of ether oxygens (including phenoxy) is 1. The quantitative estimate of drug-likeness (QED) is 0.690. The number of pyridine rings is 1. The maximum absolute atomic E-state index is 11.1. The van der Waals surface area contributed by atoms with Gasteiger partial charge in [-0.15, -0.1) is 0 Å². The Hall–Kier alpha value is -2.34. The lowest BCUT2D eigenvalue weighted by Gasteiger charge is -2.11. The highest BCUT2D eigenvalue weighted by atomic mass is 35.5. The van der Waals surface area contributed by atoms with Crippen LogP contribution in [0.3, 0.4) is 0 Å². The second kappa shape index (κ2) is 5.97. The highest BCUT2D eigenvalue weighted by Crippen LogP contribution is 2.33. The van der Waals surface area contributed by atoms with E-state index in [0.717, 1.165) is 5.56 Å². The Kier molecular flexibility index (Phi) is 4.28. The second-order valence-corrected chi connectivity index (χ2v) is 5.05. The number of nitro benzene ring substituents is 1. The van der Waals surface area contributed by atoms with E-state index in [-0.39, 0.29) is 18.0 Å². The van der Waals surface area contributed by atoms with Gasteiger partial charge in [0.1, 0.15) is 12.4 Å². The van der Waals surface area contributed by atoms with Crippen molar-refractivity contribution in [2.75, 3.05) is 5.73 Å². The minimum atomic E-state index is -0.469. The van der Waals surface area contributed by atoms with Crippen molar-refractivity contribution in [2.45, 2.75) is 20.5 Å². The van der Waals surface area contributed by atoms with Gasteiger partial charge in [-0.3, -0.25) is 10.1 Å². The van der Waals surface area contributed by atoms with Crippen LogP contribution in [0.25, 0.3) is 0 Å². The van der Waals surface area contributed by atoms with Crippen molar-refractivity contribution in [1.82, 2.24) is 4.98 Å². The average Bonchev–Trinajstić information content (AvgIpc) is 2.40. The summed E-state index contributed by atoms with van der Waals surface area (Å²) >= 11 is 6.00. The van der Waals surface area contributed by atoms with Gasteiger partial charge in [-0.25, -0.2) is 4.98 Å². The largest absolute Gasteiger partial charge is 0.480 e. The Morgan fingerprint density at radius 3 is 2.76 bits per heavy atom. The molecule has 0 aliphatic heterocycles. The number of nitrogen functional groups attached to an aromatic ring is 1. The molecule has 0 unspecified atom stereocenters. The summed E-state index contributed by atoms with van der Waals surface area (Å²) in [4.78, 5) is 14.7. The van der Waals surface area contributed by atoms with Crippen molar-refractivity contribution in [1.29, 1.82) is 0 Å². The molecule has 0 bridgehead atoms. The van der Waals surface area contributed by atoms with E-state index in [4.69, 9.17) is 22.1 Å².